The van der Waals surface area contributed by atoms with E-state index >= 15 is 0 Å². The number of hydrogen-bond acceptors (Lipinski definition) is 4. The minimum absolute atomic E-state index is 0.578. The fraction of sp³-hybridized carbons (Fsp3) is 0.136. The lowest BCUT2D eigenvalue weighted by Crippen LogP contribution is -2.30. The van der Waals surface area contributed by atoms with E-state index in [1.54, 1.807) is 6.20 Å². The third-order valence-corrected chi connectivity index (χ3v) is 4.46. The zero-order valence-electron chi connectivity index (χ0n) is 15.6. The van der Waals surface area contributed by atoms with E-state index < -0.39 is 0 Å². The van der Waals surface area contributed by atoms with Crippen LogP contribution in [0, 0.1) is 0 Å². The van der Waals surface area contributed by atoms with Crippen molar-refractivity contribution in [2.45, 2.75) is 0 Å². The molecule has 0 aliphatic heterocycles. The number of hydrogen-bond donors (Lipinski definition) is 0. The first-order valence-electron chi connectivity index (χ1n) is 8.77. The second-order valence-electron chi connectivity index (χ2n) is 6.61. The van der Waals surface area contributed by atoms with Crippen LogP contribution in [0.15, 0.2) is 65.3 Å². The van der Waals surface area contributed by atoms with Crippen molar-refractivity contribution < 1.29 is 8.98 Å². The molecule has 4 rings (SSSR count). The van der Waals surface area contributed by atoms with Crippen molar-refractivity contribution >= 4 is 29.1 Å². The fourth-order valence-corrected chi connectivity index (χ4v) is 2.84. The van der Waals surface area contributed by atoms with Crippen LogP contribution in [0.25, 0.3) is 34.8 Å². The monoisotopic (exact) mass is 357 g/mol. The van der Waals surface area contributed by atoms with E-state index in [2.05, 4.69) is 61.9 Å². The lowest BCUT2D eigenvalue weighted by molar-refractivity contribution is -0.673. The number of pyridine rings is 2. The smallest absolute Gasteiger partial charge is 0.229 e. The van der Waals surface area contributed by atoms with Gasteiger partial charge in [0.05, 0.1) is 0 Å². The maximum absolute atomic E-state index is 5.84. The van der Waals surface area contributed by atoms with Gasteiger partial charge in [0.25, 0.3) is 0 Å². The van der Waals surface area contributed by atoms with E-state index in [1.807, 2.05) is 45.5 Å². The minimum atomic E-state index is 0.578. The van der Waals surface area contributed by atoms with Crippen molar-refractivity contribution in [1.29, 1.82) is 0 Å². The van der Waals surface area contributed by atoms with Crippen molar-refractivity contribution in [3.8, 4) is 11.5 Å². The number of aryl methyl sites for hydroxylation is 1. The zero-order valence-corrected chi connectivity index (χ0v) is 15.6. The van der Waals surface area contributed by atoms with Crippen molar-refractivity contribution in [2.24, 2.45) is 7.05 Å². The van der Waals surface area contributed by atoms with Crippen LogP contribution >= 0.6 is 0 Å². The van der Waals surface area contributed by atoms with Gasteiger partial charge in [-0.05, 0) is 35.9 Å². The normalized spacial score (nSPS) is 11.4. The van der Waals surface area contributed by atoms with E-state index in [4.69, 9.17) is 4.42 Å². The van der Waals surface area contributed by atoms with Gasteiger partial charge in [-0.2, -0.15) is 4.98 Å². The molecular weight excluding hydrogens is 336 g/mol. The summed E-state index contributed by atoms with van der Waals surface area (Å²) in [7, 11) is 6.10. The minimum Gasteiger partial charge on any atom is -0.434 e. The molecular formula is C22H21N4O+. The molecule has 0 unspecified atom stereocenters. The molecule has 5 heteroatoms. The van der Waals surface area contributed by atoms with Crippen molar-refractivity contribution in [1.82, 2.24) is 9.97 Å². The molecule has 134 valence electrons. The molecule has 0 N–H and O–H groups in total. The lowest BCUT2D eigenvalue weighted by Gasteiger charge is -2.11. The number of rotatable bonds is 4. The molecule has 3 aromatic heterocycles. The van der Waals surface area contributed by atoms with E-state index in [1.165, 1.54) is 5.69 Å². The molecule has 4 aromatic rings. The van der Waals surface area contributed by atoms with Crippen LogP contribution in [0.3, 0.4) is 0 Å². The first kappa shape index (κ1) is 17.0. The maximum atomic E-state index is 5.84. The summed E-state index contributed by atoms with van der Waals surface area (Å²) < 4.78 is 7.90. The first-order valence-corrected chi connectivity index (χ1v) is 8.77. The van der Waals surface area contributed by atoms with Crippen molar-refractivity contribution in [3.63, 3.8) is 0 Å². The molecule has 0 spiro atoms. The first-order chi connectivity index (χ1) is 13.1. The average Bonchev–Trinajstić information content (AvgIpc) is 3.12. The molecule has 0 aliphatic carbocycles. The van der Waals surface area contributed by atoms with Crippen LogP contribution in [0.2, 0.25) is 0 Å². The Morgan fingerprint density at radius 3 is 2.59 bits per heavy atom. The quantitative estimate of drug-likeness (QED) is 0.519. The number of aromatic nitrogens is 3. The summed E-state index contributed by atoms with van der Waals surface area (Å²) in [6.45, 7) is 0. The highest BCUT2D eigenvalue weighted by molar-refractivity contribution is 5.73. The van der Waals surface area contributed by atoms with Gasteiger partial charge < -0.3 is 9.32 Å². The van der Waals surface area contributed by atoms with Gasteiger partial charge in [-0.15, -0.1) is 0 Å². The summed E-state index contributed by atoms with van der Waals surface area (Å²) in [6, 6.07) is 16.2. The van der Waals surface area contributed by atoms with E-state index in [9.17, 15) is 0 Å². The van der Waals surface area contributed by atoms with Gasteiger partial charge in [-0.25, -0.2) is 9.55 Å². The fourth-order valence-electron chi connectivity index (χ4n) is 2.84. The predicted molar refractivity (Wildman–Crippen MR) is 108 cm³/mol. The van der Waals surface area contributed by atoms with Gasteiger partial charge in [0.1, 0.15) is 7.05 Å². The molecule has 3 heterocycles. The van der Waals surface area contributed by atoms with Gasteiger partial charge >= 0.3 is 0 Å². The van der Waals surface area contributed by atoms with Gasteiger partial charge in [-0.3, -0.25) is 0 Å². The summed E-state index contributed by atoms with van der Waals surface area (Å²) in [4.78, 5) is 10.8. The van der Waals surface area contributed by atoms with Crippen molar-refractivity contribution in [3.05, 3.63) is 72.2 Å². The van der Waals surface area contributed by atoms with Gasteiger partial charge in [0.2, 0.25) is 11.6 Å². The largest absolute Gasteiger partial charge is 0.434 e. The Morgan fingerprint density at radius 1 is 1.04 bits per heavy atom. The highest BCUT2D eigenvalue weighted by atomic mass is 16.3. The van der Waals surface area contributed by atoms with Crippen LogP contribution in [0.1, 0.15) is 11.3 Å². The van der Waals surface area contributed by atoms with E-state index in [0.717, 1.165) is 16.8 Å². The molecule has 0 atom stereocenters. The Balaban J connectivity index is 1.64. The summed E-state index contributed by atoms with van der Waals surface area (Å²) in [6.07, 6.45) is 7.92. The average molecular weight is 357 g/mol. The summed E-state index contributed by atoms with van der Waals surface area (Å²) in [5.41, 5.74) is 5.63. The number of nitrogens with zero attached hydrogens (tertiary/aromatic N) is 4. The number of oxazole rings is 1. The summed E-state index contributed by atoms with van der Waals surface area (Å²) in [5.74, 6) is 0.578. The Hall–Kier alpha value is -3.47. The molecule has 0 aliphatic rings. The maximum Gasteiger partial charge on any atom is 0.229 e. The van der Waals surface area contributed by atoms with Crippen LogP contribution in [-0.2, 0) is 7.05 Å². The van der Waals surface area contributed by atoms with Crippen LogP contribution < -0.4 is 9.47 Å². The Kier molecular flexibility index (Phi) is 4.42. The molecule has 0 saturated carbocycles. The molecule has 1 aromatic carbocycles. The standard InChI is InChI=1S/C22H21N4O/c1-25(2)18-9-6-16(7-10-18)8-11-19-15-17(12-14-26(19)3)22-24-21-20(27-22)5-4-13-23-21/h4-15H,1-3H3/q+1. The Bertz CT molecular complexity index is 1080. The zero-order chi connectivity index (χ0) is 18.8. The second kappa shape index (κ2) is 7.03. The van der Waals surface area contributed by atoms with E-state index in [-0.39, 0.29) is 0 Å². The Morgan fingerprint density at radius 2 is 1.85 bits per heavy atom. The third-order valence-electron chi connectivity index (χ3n) is 4.46. The van der Waals surface area contributed by atoms with Gasteiger partial charge in [-0.1, -0.05) is 12.1 Å². The second-order valence-corrected chi connectivity index (χ2v) is 6.61. The van der Waals surface area contributed by atoms with E-state index in [0.29, 0.717) is 17.1 Å². The number of anilines is 1. The molecule has 0 amide bonds. The third kappa shape index (κ3) is 3.58. The van der Waals surface area contributed by atoms with Gasteiger partial charge in [0.15, 0.2) is 17.4 Å². The topological polar surface area (TPSA) is 46.0 Å². The SMILES string of the molecule is CN(C)c1ccc(/C=C/c2cc(-c3nc4ncccc4o3)cc[n+]2C)cc1. The molecule has 0 saturated heterocycles. The van der Waals surface area contributed by atoms with Crippen LogP contribution in [-0.4, -0.2) is 24.1 Å². The number of benzene rings is 1. The summed E-state index contributed by atoms with van der Waals surface area (Å²) in [5, 5.41) is 0. The lowest BCUT2D eigenvalue weighted by atomic mass is 10.1. The van der Waals surface area contributed by atoms with Gasteiger partial charge in [0, 0.05) is 49.8 Å². The van der Waals surface area contributed by atoms with Crippen LogP contribution in [0.4, 0.5) is 5.69 Å². The predicted octanol–water partition coefficient (Wildman–Crippen LogP) is 3.95. The molecule has 5 nitrogen and oxygen atoms in total. The summed E-state index contributed by atoms with van der Waals surface area (Å²) >= 11 is 0. The molecule has 0 bridgehead atoms. The molecule has 0 radical (unpaired) electrons. The highest BCUT2D eigenvalue weighted by Crippen LogP contribution is 2.23. The highest BCUT2D eigenvalue weighted by Gasteiger charge is 2.12. The van der Waals surface area contributed by atoms with Crippen LogP contribution in [0.5, 0.6) is 0 Å². The molecule has 27 heavy (non-hydrogen) atoms. The molecule has 0 fully saturated rings. The van der Waals surface area contributed by atoms with Crippen molar-refractivity contribution in [2.75, 3.05) is 19.0 Å². The number of fused-ring (bicyclic) bond motifs is 1. The Labute approximate surface area is 158 Å².